The normalized spacial score (nSPS) is 12.2. The fourth-order valence-electron chi connectivity index (χ4n) is 2.26. The SMILES string of the molecule is CCC(NCc1ncc(C)o1)c1ccc(OC)c(OC)c1. The fraction of sp³-hybridized carbons (Fsp3) is 0.438. The molecule has 0 radical (unpaired) electrons. The molecule has 2 rings (SSSR count). The van der Waals surface area contributed by atoms with Crippen LogP contribution in [-0.4, -0.2) is 19.2 Å². The van der Waals surface area contributed by atoms with Crippen LogP contribution >= 0.6 is 0 Å². The second-order valence-corrected chi connectivity index (χ2v) is 4.82. The first-order valence-electron chi connectivity index (χ1n) is 7.04. The summed E-state index contributed by atoms with van der Waals surface area (Å²) in [4.78, 5) is 4.20. The molecule has 0 aliphatic rings. The number of oxazole rings is 1. The van der Waals surface area contributed by atoms with E-state index < -0.39 is 0 Å². The van der Waals surface area contributed by atoms with E-state index in [4.69, 9.17) is 13.9 Å². The number of nitrogens with zero attached hydrogens (tertiary/aromatic N) is 1. The van der Waals surface area contributed by atoms with E-state index in [1.54, 1.807) is 20.4 Å². The predicted molar refractivity (Wildman–Crippen MR) is 80.7 cm³/mol. The van der Waals surface area contributed by atoms with E-state index in [9.17, 15) is 0 Å². The lowest BCUT2D eigenvalue weighted by Gasteiger charge is -2.18. The Hall–Kier alpha value is -2.01. The monoisotopic (exact) mass is 290 g/mol. The van der Waals surface area contributed by atoms with Crippen LogP contribution in [0.15, 0.2) is 28.8 Å². The molecule has 0 saturated heterocycles. The first-order valence-corrected chi connectivity index (χ1v) is 7.04. The van der Waals surface area contributed by atoms with Crippen LogP contribution in [-0.2, 0) is 6.54 Å². The lowest BCUT2D eigenvalue weighted by Crippen LogP contribution is -2.20. The summed E-state index contributed by atoms with van der Waals surface area (Å²) in [6.07, 6.45) is 2.68. The topological polar surface area (TPSA) is 56.5 Å². The van der Waals surface area contributed by atoms with E-state index in [1.165, 1.54) is 0 Å². The number of hydrogen-bond acceptors (Lipinski definition) is 5. The molecule has 0 bridgehead atoms. The first-order chi connectivity index (χ1) is 10.2. The number of hydrogen-bond donors (Lipinski definition) is 1. The molecule has 0 saturated carbocycles. The first kappa shape index (κ1) is 15.4. The van der Waals surface area contributed by atoms with Crippen LogP contribution in [0.5, 0.6) is 11.5 Å². The van der Waals surface area contributed by atoms with Crippen molar-refractivity contribution in [3.63, 3.8) is 0 Å². The number of ether oxygens (including phenoxy) is 2. The number of nitrogens with one attached hydrogen (secondary N) is 1. The molecule has 0 spiro atoms. The molecule has 0 fully saturated rings. The van der Waals surface area contributed by atoms with Crippen molar-refractivity contribution in [3.05, 3.63) is 41.6 Å². The largest absolute Gasteiger partial charge is 0.493 e. The standard InChI is InChI=1S/C16H22N2O3/c1-5-13(17-10-16-18-9-11(2)21-16)12-6-7-14(19-3)15(8-12)20-4/h6-9,13,17H,5,10H2,1-4H3. The Morgan fingerprint density at radius 1 is 1.24 bits per heavy atom. The van der Waals surface area contributed by atoms with E-state index in [-0.39, 0.29) is 6.04 Å². The Labute approximate surface area is 125 Å². The molecule has 1 aromatic heterocycles. The average Bonchev–Trinajstić information content (AvgIpc) is 2.93. The minimum absolute atomic E-state index is 0.206. The van der Waals surface area contributed by atoms with Crippen molar-refractivity contribution in [2.24, 2.45) is 0 Å². The Bertz CT molecular complexity index is 581. The van der Waals surface area contributed by atoms with Gasteiger partial charge < -0.3 is 19.2 Å². The molecule has 5 nitrogen and oxygen atoms in total. The van der Waals surface area contributed by atoms with Gasteiger partial charge in [0.1, 0.15) is 5.76 Å². The maximum atomic E-state index is 5.48. The van der Waals surface area contributed by atoms with Crippen LogP contribution in [0, 0.1) is 6.92 Å². The van der Waals surface area contributed by atoms with Gasteiger partial charge in [-0.1, -0.05) is 13.0 Å². The minimum Gasteiger partial charge on any atom is -0.493 e. The van der Waals surface area contributed by atoms with Crippen LogP contribution in [0.4, 0.5) is 0 Å². The quantitative estimate of drug-likeness (QED) is 0.848. The highest BCUT2D eigenvalue weighted by Crippen LogP contribution is 2.30. The van der Waals surface area contributed by atoms with Crippen LogP contribution in [0.1, 0.15) is 36.6 Å². The van der Waals surface area contributed by atoms with Gasteiger partial charge in [-0.3, -0.25) is 0 Å². The van der Waals surface area contributed by atoms with Gasteiger partial charge in [-0.15, -0.1) is 0 Å². The van der Waals surface area contributed by atoms with Crippen LogP contribution in [0.25, 0.3) is 0 Å². The number of methoxy groups -OCH3 is 2. The molecule has 1 unspecified atom stereocenters. The summed E-state index contributed by atoms with van der Waals surface area (Å²) < 4.78 is 16.1. The van der Waals surface area contributed by atoms with Gasteiger partial charge in [0.2, 0.25) is 5.89 Å². The summed E-state index contributed by atoms with van der Waals surface area (Å²) in [7, 11) is 3.28. The number of aryl methyl sites for hydroxylation is 1. The summed E-state index contributed by atoms with van der Waals surface area (Å²) in [5.74, 6) is 3.00. The lowest BCUT2D eigenvalue weighted by atomic mass is 10.0. The Kier molecular flexibility index (Phi) is 5.22. The molecule has 0 aliphatic heterocycles. The third-order valence-electron chi connectivity index (χ3n) is 3.39. The van der Waals surface area contributed by atoms with Gasteiger partial charge >= 0.3 is 0 Å². The van der Waals surface area contributed by atoms with Crippen molar-refractivity contribution in [1.29, 1.82) is 0 Å². The third kappa shape index (κ3) is 3.76. The Morgan fingerprint density at radius 2 is 2.00 bits per heavy atom. The molecule has 5 heteroatoms. The maximum absolute atomic E-state index is 5.48. The van der Waals surface area contributed by atoms with Gasteiger partial charge in [0.05, 0.1) is 27.0 Å². The zero-order valence-corrected chi connectivity index (χ0v) is 13.0. The highest BCUT2D eigenvalue weighted by molar-refractivity contribution is 5.43. The molecule has 1 atom stereocenters. The molecular weight excluding hydrogens is 268 g/mol. The third-order valence-corrected chi connectivity index (χ3v) is 3.39. The predicted octanol–water partition coefficient (Wildman–Crippen LogP) is 3.24. The Balaban J connectivity index is 2.09. The molecule has 1 aromatic carbocycles. The van der Waals surface area contributed by atoms with E-state index >= 15 is 0 Å². The summed E-state index contributed by atoms with van der Waals surface area (Å²) in [6.45, 7) is 4.62. The van der Waals surface area contributed by atoms with Gasteiger partial charge in [0, 0.05) is 6.04 Å². The Morgan fingerprint density at radius 3 is 2.57 bits per heavy atom. The molecule has 114 valence electrons. The van der Waals surface area contributed by atoms with Crippen molar-refractivity contribution in [3.8, 4) is 11.5 Å². The smallest absolute Gasteiger partial charge is 0.208 e. The molecular formula is C16H22N2O3. The van der Waals surface area contributed by atoms with E-state index in [0.29, 0.717) is 12.4 Å². The van der Waals surface area contributed by atoms with Gasteiger partial charge in [-0.05, 0) is 31.0 Å². The molecule has 2 aromatic rings. The number of benzene rings is 1. The van der Waals surface area contributed by atoms with Crippen LogP contribution < -0.4 is 14.8 Å². The second kappa shape index (κ2) is 7.13. The number of aromatic nitrogens is 1. The summed E-state index contributed by atoms with van der Waals surface area (Å²) in [5, 5.41) is 3.45. The van der Waals surface area contributed by atoms with Gasteiger partial charge in [0.15, 0.2) is 11.5 Å². The molecule has 1 N–H and O–H groups in total. The summed E-state index contributed by atoms with van der Waals surface area (Å²) >= 11 is 0. The van der Waals surface area contributed by atoms with E-state index in [0.717, 1.165) is 29.2 Å². The van der Waals surface area contributed by atoms with Crippen molar-refractivity contribution < 1.29 is 13.9 Å². The van der Waals surface area contributed by atoms with Crippen LogP contribution in [0.3, 0.4) is 0 Å². The summed E-state index contributed by atoms with van der Waals surface area (Å²) in [5.41, 5.74) is 1.15. The minimum atomic E-state index is 0.206. The van der Waals surface area contributed by atoms with Crippen molar-refractivity contribution in [1.82, 2.24) is 10.3 Å². The van der Waals surface area contributed by atoms with Crippen molar-refractivity contribution in [2.45, 2.75) is 32.9 Å². The molecule has 1 heterocycles. The highest BCUT2D eigenvalue weighted by atomic mass is 16.5. The van der Waals surface area contributed by atoms with Crippen LogP contribution in [0.2, 0.25) is 0 Å². The lowest BCUT2D eigenvalue weighted by molar-refractivity contribution is 0.353. The van der Waals surface area contributed by atoms with Gasteiger partial charge in [0.25, 0.3) is 0 Å². The second-order valence-electron chi connectivity index (χ2n) is 4.82. The molecule has 21 heavy (non-hydrogen) atoms. The molecule has 0 aliphatic carbocycles. The van der Waals surface area contributed by atoms with Gasteiger partial charge in [-0.2, -0.15) is 0 Å². The zero-order valence-electron chi connectivity index (χ0n) is 13.0. The van der Waals surface area contributed by atoms with E-state index in [2.05, 4.69) is 17.2 Å². The van der Waals surface area contributed by atoms with Crippen molar-refractivity contribution >= 4 is 0 Å². The number of rotatable bonds is 7. The van der Waals surface area contributed by atoms with Crippen molar-refractivity contribution in [2.75, 3.05) is 14.2 Å². The average molecular weight is 290 g/mol. The summed E-state index contributed by atoms with van der Waals surface area (Å²) in [6, 6.07) is 6.18. The van der Waals surface area contributed by atoms with E-state index in [1.807, 2.05) is 25.1 Å². The maximum Gasteiger partial charge on any atom is 0.208 e. The zero-order chi connectivity index (χ0) is 15.2. The van der Waals surface area contributed by atoms with Gasteiger partial charge in [-0.25, -0.2) is 4.98 Å². The highest BCUT2D eigenvalue weighted by Gasteiger charge is 2.13. The molecule has 0 amide bonds. The fourth-order valence-corrected chi connectivity index (χ4v) is 2.26.